The summed E-state index contributed by atoms with van der Waals surface area (Å²) in [5.74, 6) is 0.521. The molecule has 0 aromatic rings. The summed E-state index contributed by atoms with van der Waals surface area (Å²) in [5, 5.41) is 0. The van der Waals surface area contributed by atoms with E-state index in [2.05, 4.69) is 4.72 Å². The van der Waals surface area contributed by atoms with Crippen molar-refractivity contribution < 1.29 is 8.42 Å². The van der Waals surface area contributed by atoms with E-state index < -0.39 is 10.0 Å². The number of sulfonamides is 1. The lowest BCUT2D eigenvalue weighted by Crippen LogP contribution is -2.39. The van der Waals surface area contributed by atoms with Crippen molar-refractivity contribution in [2.24, 2.45) is 11.7 Å². The molecule has 1 atom stereocenters. The Hall–Kier alpha value is -0.130. The highest BCUT2D eigenvalue weighted by Crippen LogP contribution is 2.07. The molecule has 0 amide bonds. The maximum Gasteiger partial charge on any atom is 0.211 e. The van der Waals surface area contributed by atoms with Crippen molar-refractivity contribution in [3.05, 3.63) is 0 Å². The number of nitrogens with one attached hydrogen (secondary N) is 1. The molecular weight excluding hydrogens is 212 g/mol. The van der Waals surface area contributed by atoms with Gasteiger partial charge in [0.05, 0.1) is 5.75 Å². The first-order chi connectivity index (χ1) is 6.93. The average molecular weight is 236 g/mol. The summed E-state index contributed by atoms with van der Waals surface area (Å²) in [7, 11) is -3.12. The maximum absolute atomic E-state index is 11.6. The van der Waals surface area contributed by atoms with Crippen molar-refractivity contribution in [3.8, 4) is 0 Å². The lowest BCUT2D eigenvalue weighted by atomic mass is 10.0. The van der Waals surface area contributed by atoms with Crippen LogP contribution in [0.3, 0.4) is 0 Å². The van der Waals surface area contributed by atoms with Crippen LogP contribution in [0.2, 0.25) is 0 Å². The number of unbranched alkanes of at least 4 members (excludes halogenated alkanes) is 1. The van der Waals surface area contributed by atoms with Crippen LogP contribution < -0.4 is 10.5 Å². The highest BCUT2D eigenvalue weighted by molar-refractivity contribution is 7.89. The van der Waals surface area contributed by atoms with Crippen molar-refractivity contribution in [2.75, 3.05) is 12.3 Å². The molecule has 0 bridgehead atoms. The van der Waals surface area contributed by atoms with Crippen LogP contribution in [0, 0.1) is 5.92 Å². The fraction of sp³-hybridized carbons (Fsp3) is 1.00. The molecule has 0 rings (SSSR count). The lowest BCUT2D eigenvalue weighted by Gasteiger charge is -2.20. The van der Waals surface area contributed by atoms with Crippen LogP contribution >= 0.6 is 0 Å². The van der Waals surface area contributed by atoms with Crippen molar-refractivity contribution in [1.82, 2.24) is 4.72 Å². The van der Waals surface area contributed by atoms with E-state index in [4.69, 9.17) is 5.73 Å². The fourth-order valence-electron chi connectivity index (χ4n) is 1.42. The van der Waals surface area contributed by atoms with E-state index in [-0.39, 0.29) is 11.8 Å². The molecule has 3 N–H and O–H groups in total. The van der Waals surface area contributed by atoms with Gasteiger partial charge >= 0.3 is 0 Å². The molecule has 5 heteroatoms. The van der Waals surface area contributed by atoms with Gasteiger partial charge in [0.2, 0.25) is 10.0 Å². The lowest BCUT2D eigenvalue weighted by molar-refractivity contribution is 0.437. The zero-order valence-electron chi connectivity index (χ0n) is 9.99. The van der Waals surface area contributed by atoms with Gasteiger partial charge in [-0.1, -0.05) is 20.8 Å². The highest BCUT2D eigenvalue weighted by Gasteiger charge is 2.18. The van der Waals surface area contributed by atoms with E-state index in [9.17, 15) is 8.42 Å². The molecule has 0 spiro atoms. The van der Waals surface area contributed by atoms with Gasteiger partial charge in [0, 0.05) is 6.04 Å². The molecule has 0 aliphatic rings. The molecule has 0 radical (unpaired) electrons. The third kappa shape index (κ3) is 6.87. The summed E-state index contributed by atoms with van der Waals surface area (Å²) in [6.07, 6.45) is 2.23. The summed E-state index contributed by atoms with van der Waals surface area (Å²) in [4.78, 5) is 0. The van der Waals surface area contributed by atoms with E-state index in [1.165, 1.54) is 0 Å². The zero-order valence-corrected chi connectivity index (χ0v) is 10.8. The maximum atomic E-state index is 11.6. The molecule has 0 aromatic heterocycles. The van der Waals surface area contributed by atoms with Gasteiger partial charge in [-0.05, 0) is 31.7 Å². The fourth-order valence-corrected chi connectivity index (χ4v) is 3.02. The predicted molar refractivity (Wildman–Crippen MR) is 64.1 cm³/mol. The molecule has 0 aliphatic carbocycles. The average Bonchev–Trinajstić information content (AvgIpc) is 2.14. The zero-order chi connectivity index (χ0) is 11.9. The topological polar surface area (TPSA) is 72.2 Å². The third-order valence-corrected chi connectivity index (χ3v) is 3.93. The van der Waals surface area contributed by atoms with Gasteiger partial charge < -0.3 is 5.73 Å². The molecule has 1 unspecified atom stereocenters. The van der Waals surface area contributed by atoms with Crippen LogP contribution in [0.15, 0.2) is 0 Å². The Morgan fingerprint density at radius 2 is 1.87 bits per heavy atom. The van der Waals surface area contributed by atoms with Crippen LogP contribution in [0.1, 0.15) is 40.0 Å². The minimum atomic E-state index is -3.12. The Balaban J connectivity index is 4.11. The number of hydrogen-bond acceptors (Lipinski definition) is 3. The largest absolute Gasteiger partial charge is 0.330 e. The minimum absolute atomic E-state index is 0.0490. The molecule has 0 saturated carbocycles. The highest BCUT2D eigenvalue weighted by atomic mass is 32.2. The first-order valence-electron chi connectivity index (χ1n) is 5.63. The van der Waals surface area contributed by atoms with Gasteiger partial charge in [0.1, 0.15) is 0 Å². The van der Waals surface area contributed by atoms with Crippen molar-refractivity contribution in [3.63, 3.8) is 0 Å². The van der Waals surface area contributed by atoms with Gasteiger partial charge in [-0.25, -0.2) is 13.1 Å². The second-order valence-corrected chi connectivity index (χ2v) is 6.06. The molecule has 0 aromatic carbocycles. The molecule has 0 heterocycles. The Kier molecular flexibility index (Phi) is 7.13. The SMILES string of the molecule is CCC(NS(=O)(=O)CCCCN)C(C)C. The number of rotatable bonds is 8. The van der Waals surface area contributed by atoms with Crippen LogP contribution in [0.4, 0.5) is 0 Å². The van der Waals surface area contributed by atoms with Gasteiger partial charge in [0.25, 0.3) is 0 Å². The molecule has 0 fully saturated rings. The molecular formula is C10H24N2O2S. The summed E-state index contributed by atoms with van der Waals surface area (Å²) >= 11 is 0. The predicted octanol–water partition coefficient (Wildman–Crippen LogP) is 1.08. The Morgan fingerprint density at radius 1 is 1.27 bits per heavy atom. The summed E-state index contributed by atoms with van der Waals surface area (Å²) in [6.45, 7) is 6.59. The quantitative estimate of drug-likeness (QED) is 0.619. The molecule has 92 valence electrons. The van der Waals surface area contributed by atoms with Crippen molar-refractivity contribution in [1.29, 1.82) is 0 Å². The Labute approximate surface area is 93.7 Å². The summed E-state index contributed by atoms with van der Waals surface area (Å²) < 4.78 is 26.0. The van der Waals surface area contributed by atoms with Crippen molar-refractivity contribution >= 4 is 10.0 Å². The third-order valence-electron chi connectivity index (χ3n) is 2.44. The molecule has 0 aliphatic heterocycles. The monoisotopic (exact) mass is 236 g/mol. The van der Waals surface area contributed by atoms with Crippen LogP contribution in [-0.4, -0.2) is 26.8 Å². The van der Waals surface area contributed by atoms with Crippen LogP contribution in [0.25, 0.3) is 0 Å². The van der Waals surface area contributed by atoms with E-state index in [1.54, 1.807) is 0 Å². The van der Waals surface area contributed by atoms with E-state index in [0.717, 1.165) is 12.8 Å². The molecule has 15 heavy (non-hydrogen) atoms. The number of hydrogen-bond donors (Lipinski definition) is 2. The standard InChI is InChI=1S/C10H24N2O2S/c1-4-10(9(2)3)12-15(13,14)8-6-5-7-11/h9-10,12H,4-8,11H2,1-3H3. The molecule has 4 nitrogen and oxygen atoms in total. The normalized spacial score (nSPS) is 14.5. The van der Waals surface area contributed by atoms with Crippen LogP contribution in [0.5, 0.6) is 0 Å². The Morgan fingerprint density at radius 3 is 2.27 bits per heavy atom. The van der Waals surface area contributed by atoms with Crippen molar-refractivity contribution in [2.45, 2.75) is 46.1 Å². The second kappa shape index (κ2) is 7.19. The molecule has 0 saturated heterocycles. The van der Waals surface area contributed by atoms with Gasteiger partial charge in [-0.3, -0.25) is 0 Å². The van der Waals surface area contributed by atoms with E-state index in [0.29, 0.717) is 18.9 Å². The van der Waals surface area contributed by atoms with E-state index >= 15 is 0 Å². The first-order valence-corrected chi connectivity index (χ1v) is 7.28. The smallest absolute Gasteiger partial charge is 0.211 e. The summed E-state index contributed by atoms with van der Waals surface area (Å²) in [6, 6.07) is 0.0490. The summed E-state index contributed by atoms with van der Waals surface area (Å²) in [5.41, 5.74) is 5.32. The van der Waals surface area contributed by atoms with E-state index in [1.807, 2.05) is 20.8 Å². The second-order valence-electron chi connectivity index (χ2n) is 4.19. The first kappa shape index (κ1) is 14.9. The Bertz CT molecular complexity index is 250. The van der Waals surface area contributed by atoms with Gasteiger partial charge in [-0.2, -0.15) is 0 Å². The number of nitrogens with two attached hydrogens (primary N) is 1. The van der Waals surface area contributed by atoms with Gasteiger partial charge in [-0.15, -0.1) is 0 Å². The minimum Gasteiger partial charge on any atom is -0.330 e. The van der Waals surface area contributed by atoms with Crippen LogP contribution in [-0.2, 0) is 10.0 Å². The van der Waals surface area contributed by atoms with Gasteiger partial charge in [0.15, 0.2) is 0 Å².